The van der Waals surface area contributed by atoms with Gasteiger partial charge in [0.2, 0.25) is 5.91 Å². The first-order valence-electron chi connectivity index (χ1n) is 8.10. The predicted molar refractivity (Wildman–Crippen MR) is 91.2 cm³/mol. The summed E-state index contributed by atoms with van der Waals surface area (Å²) in [6.45, 7) is 0.713. The first-order valence-corrected chi connectivity index (χ1v) is 8.10. The molecule has 2 aromatic carbocycles. The second-order valence-electron chi connectivity index (χ2n) is 5.85. The fourth-order valence-corrected chi connectivity index (χ4v) is 2.94. The van der Waals surface area contributed by atoms with Gasteiger partial charge < -0.3 is 9.64 Å². The second-order valence-corrected chi connectivity index (χ2v) is 5.85. The van der Waals surface area contributed by atoms with Crippen molar-refractivity contribution in [1.82, 2.24) is 15.0 Å². The molecular formula is C18H16N4O3. The van der Waals surface area contributed by atoms with Gasteiger partial charge in [-0.3, -0.25) is 4.79 Å². The number of hydrogen-bond donors (Lipinski definition) is 0. The third kappa shape index (κ3) is 3.08. The minimum absolute atomic E-state index is 0.0210. The molecule has 0 radical (unpaired) electrons. The standard InChI is InChI=1S/C18H16N4O3/c23-17-6-3-11-21(17)13-7-9-14(10-8-13)25-18(24)12-22-16-5-2-1-4-15(16)19-20-22/h1-2,4-5,7-10H,3,6,11-12H2. The Hall–Kier alpha value is -3.22. The van der Waals surface area contributed by atoms with Crippen LogP contribution in [-0.2, 0) is 16.1 Å². The zero-order chi connectivity index (χ0) is 17.2. The van der Waals surface area contributed by atoms with E-state index in [4.69, 9.17) is 4.74 Å². The van der Waals surface area contributed by atoms with Crippen LogP contribution in [0.4, 0.5) is 5.69 Å². The molecule has 4 rings (SSSR count). The van der Waals surface area contributed by atoms with E-state index in [0.29, 0.717) is 12.2 Å². The van der Waals surface area contributed by atoms with Gasteiger partial charge in [0.1, 0.15) is 17.8 Å². The van der Waals surface area contributed by atoms with Gasteiger partial charge in [-0.2, -0.15) is 0 Å². The van der Waals surface area contributed by atoms with Gasteiger partial charge in [-0.15, -0.1) is 5.10 Å². The maximum Gasteiger partial charge on any atom is 0.333 e. The average Bonchev–Trinajstić information content (AvgIpc) is 3.22. The zero-order valence-electron chi connectivity index (χ0n) is 13.5. The summed E-state index contributed by atoms with van der Waals surface area (Å²) in [5, 5.41) is 7.98. The van der Waals surface area contributed by atoms with Crippen LogP contribution in [-0.4, -0.2) is 33.4 Å². The van der Waals surface area contributed by atoms with E-state index in [1.807, 2.05) is 24.3 Å². The van der Waals surface area contributed by atoms with Crippen molar-refractivity contribution in [1.29, 1.82) is 0 Å². The van der Waals surface area contributed by atoms with E-state index in [-0.39, 0.29) is 12.5 Å². The number of ether oxygens (including phenoxy) is 1. The number of rotatable bonds is 4. The highest BCUT2D eigenvalue weighted by molar-refractivity contribution is 5.95. The van der Waals surface area contributed by atoms with Crippen LogP contribution < -0.4 is 9.64 Å². The van der Waals surface area contributed by atoms with E-state index < -0.39 is 5.97 Å². The average molecular weight is 336 g/mol. The molecule has 1 saturated heterocycles. The molecule has 7 nitrogen and oxygen atoms in total. The van der Waals surface area contributed by atoms with Gasteiger partial charge >= 0.3 is 5.97 Å². The van der Waals surface area contributed by atoms with Crippen molar-refractivity contribution >= 4 is 28.6 Å². The van der Waals surface area contributed by atoms with E-state index >= 15 is 0 Å². The van der Waals surface area contributed by atoms with E-state index in [1.54, 1.807) is 29.2 Å². The van der Waals surface area contributed by atoms with Crippen LogP contribution in [0.15, 0.2) is 48.5 Å². The third-order valence-electron chi connectivity index (χ3n) is 4.15. The Morgan fingerprint density at radius 3 is 2.68 bits per heavy atom. The molecule has 0 N–H and O–H groups in total. The molecule has 1 aliphatic heterocycles. The summed E-state index contributed by atoms with van der Waals surface area (Å²) in [6.07, 6.45) is 1.46. The Morgan fingerprint density at radius 1 is 1.12 bits per heavy atom. The summed E-state index contributed by atoms with van der Waals surface area (Å²) in [5.74, 6) is 0.133. The molecule has 2 heterocycles. The Morgan fingerprint density at radius 2 is 1.92 bits per heavy atom. The van der Waals surface area contributed by atoms with Gasteiger partial charge in [-0.25, -0.2) is 9.48 Å². The van der Waals surface area contributed by atoms with E-state index in [9.17, 15) is 9.59 Å². The molecule has 0 unspecified atom stereocenters. The molecule has 1 fully saturated rings. The van der Waals surface area contributed by atoms with E-state index in [1.165, 1.54) is 4.68 Å². The van der Waals surface area contributed by atoms with Crippen LogP contribution in [0.3, 0.4) is 0 Å². The molecule has 7 heteroatoms. The Balaban J connectivity index is 1.43. The van der Waals surface area contributed by atoms with Crippen molar-refractivity contribution in [3.05, 3.63) is 48.5 Å². The Labute approximate surface area is 143 Å². The second kappa shape index (κ2) is 6.35. The largest absolute Gasteiger partial charge is 0.425 e. The Kier molecular flexibility index (Phi) is 3.89. The number of hydrogen-bond acceptors (Lipinski definition) is 5. The fourth-order valence-electron chi connectivity index (χ4n) is 2.94. The number of anilines is 1. The summed E-state index contributed by atoms with van der Waals surface area (Å²) in [5.41, 5.74) is 2.34. The first kappa shape index (κ1) is 15.3. The molecule has 3 aromatic rings. The zero-order valence-corrected chi connectivity index (χ0v) is 13.5. The summed E-state index contributed by atoms with van der Waals surface area (Å²) in [6, 6.07) is 14.4. The van der Waals surface area contributed by atoms with Gasteiger partial charge in [0, 0.05) is 18.7 Å². The van der Waals surface area contributed by atoms with Crippen LogP contribution in [0.5, 0.6) is 5.75 Å². The minimum Gasteiger partial charge on any atom is -0.425 e. The highest BCUT2D eigenvalue weighted by Gasteiger charge is 2.21. The van der Waals surface area contributed by atoms with Gasteiger partial charge in [-0.1, -0.05) is 17.3 Å². The molecule has 1 aromatic heterocycles. The first-order chi connectivity index (χ1) is 12.2. The monoisotopic (exact) mass is 336 g/mol. The van der Waals surface area contributed by atoms with Crippen LogP contribution in [0.2, 0.25) is 0 Å². The lowest BCUT2D eigenvalue weighted by Gasteiger charge is -2.15. The lowest BCUT2D eigenvalue weighted by molar-refractivity contribution is -0.135. The number of para-hydroxylation sites is 1. The highest BCUT2D eigenvalue weighted by atomic mass is 16.5. The normalized spacial score (nSPS) is 14.2. The molecule has 25 heavy (non-hydrogen) atoms. The smallest absolute Gasteiger partial charge is 0.333 e. The van der Waals surface area contributed by atoms with Crippen molar-refractivity contribution in [2.24, 2.45) is 0 Å². The van der Waals surface area contributed by atoms with Crippen molar-refractivity contribution in [3.63, 3.8) is 0 Å². The molecular weight excluding hydrogens is 320 g/mol. The molecule has 0 bridgehead atoms. The highest BCUT2D eigenvalue weighted by Crippen LogP contribution is 2.24. The summed E-state index contributed by atoms with van der Waals surface area (Å²) in [4.78, 5) is 25.6. The topological polar surface area (TPSA) is 77.3 Å². The molecule has 0 aliphatic carbocycles. The maximum atomic E-state index is 12.1. The number of benzene rings is 2. The van der Waals surface area contributed by atoms with Crippen molar-refractivity contribution in [2.75, 3.05) is 11.4 Å². The number of carbonyl (C=O) groups is 2. The number of fused-ring (bicyclic) bond motifs is 1. The summed E-state index contributed by atoms with van der Waals surface area (Å²) in [7, 11) is 0. The van der Waals surface area contributed by atoms with Crippen LogP contribution in [0, 0.1) is 0 Å². The number of amides is 1. The lowest BCUT2D eigenvalue weighted by Crippen LogP contribution is -2.23. The summed E-state index contributed by atoms with van der Waals surface area (Å²) < 4.78 is 6.86. The molecule has 1 amide bonds. The van der Waals surface area contributed by atoms with Gasteiger partial charge in [-0.05, 0) is 42.8 Å². The quantitative estimate of drug-likeness (QED) is 0.539. The van der Waals surface area contributed by atoms with E-state index in [0.717, 1.165) is 29.7 Å². The third-order valence-corrected chi connectivity index (χ3v) is 4.15. The predicted octanol–water partition coefficient (Wildman–Crippen LogP) is 2.16. The van der Waals surface area contributed by atoms with Crippen LogP contribution in [0.25, 0.3) is 11.0 Å². The van der Waals surface area contributed by atoms with E-state index in [2.05, 4.69) is 10.3 Å². The number of aromatic nitrogens is 3. The minimum atomic E-state index is -0.430. The fraction of sp³-hybridized carbons (Fsp3) is 0.222. The number of esters is 1. The van der Waals surface area contributed by atoms with Crippen molar-refractivity contribution in [3.8, 4) is 5.75 Å². The number of carbonyl (C=O) groups excluding carboxylic acids is 2. The van der Waals surface area contributed by atoms with Gasteiger partial charge in [0.25, 0.3) is 0 Å². The molecule has 0 saturated carbocycles. The van der Waals surface area contributed by atoms with Gasteiger partial charge in [0.05, 0.1) is 5.52 Å². The number of nitrogens with zero attached hydrogens (tertiary/aromatic N) is 4. The Bertz CT molecular complexity index is 933. The summed E-state index contributed by atoms with van der Waals surface area (Å²) >= 11 is 0. The van der Waals surface area contributed by atoms with Gasteiger partial charge in [0.15, 0.2) is 0 Å². The molecule has 1 aliphatic rings. The SMILES string of the molecule is O=C(Cn1nnc2ccccc21)Oc1ccc(N2CCCC2=O)cc1. The molecule has 0 atom stereocenters. The van der Waals surface area contributed by atoms with Crippen LogP contribution >= 0.6 is 0 Å². The van der Waals surface area contributed by atoms with Crippen LogP contribution in [0.1, 0.15) is 12.8 Å². The maximum absolute atomic E-state index is 12.1. The lowest BCUT2D eigenvalue weighted by atomic mass is 10.3. The molecule has 126 valence electrons. The van der Waals surface area contributed by atoms with Crippen molar-refractivity contribution < 1.29 is 14.3 Å². The molecule has 0 spiro atoms. The van der Waals surface area contributed by atoms with Crippen molar-refractivity contribution in [2.45, 2.75) is 19.4 Å².